The van der Waals surface area contributed by atoms with Crippen molar-refractivity contribution < 1.29 is 10.0 Å². The van der Waals surface area contributed by atoms with Crippen LogP contribution in [0.2, 0.25) is 0 Å². The van der Waals surface area contributed by atoms with E-state index in [0.29, 0.717) is 5.82 Å². The Kier molecular flexibility index (Phi) is 4.31. The van der Waals surface area contributed by atoms with Crippen molar-refractivity contribution in [2.75, 3.05) is 5.32 Å². The lowest BCUT2D eigenvalue weighted by Gasteiger charge is -2.23. The maximum atomic E-state index is 10.7. The summed E-state index contributed by atoms with van der Waals surface area (Å²) in [4.78, 5) is 14.3. The van der Waals surface area contributed by atoms with Crippen molar-refractivity contribution in [2.45, 2.75) is 51.2 Å². The largest absolute Gasteiger partial charge is 0.391 e. The lowest BCUT2D eigenvalue weighted by atomic mass is 10.1. The summed E-state index contributed by atoms with van der Waals surface area (Å²) in [5.41, 5.74) is 0.718. The number of nitro groups is 1. The van der Waals surface area contributed by atoms with Crippen molar-refractivity contribution in [3.63, 3.8) is 0 Å². The van der Waals surface area contributed by atoms with Crippen LogP contribution in [0.3, 0.4) is 0 Å². The fourth-order valence-corrected chi connectivity index (χ4v) is 2.44. The van der Waals surface area contributed by atoms with Crippen LogP contribution in [-0.4, -0.2) is 27.2 Å². The summed E-state index contributed by atoms with van der Waals surface area (Å²) in [5, 5.41) is 23.9. The number of aliphatic hydroxyl groups is 1. The molecule has 1 aromatic heterocycles. The Morgan fingerprint density at radius 1 is 1.42 bits per heavy atom. The summed E-state index contributed by atoms with van der Waals surface area (Å²) in [6.45, 7) is 1.78. The maximum Gasteiger partial charge on any atom is 0.287 e. The van der Waals surface area contributed by atoms with Gasteiger partial charge in [-0.25, -0.2) is 4.98 Å². The van der Waals surface area contributed by atoms with Crippen LogP contribution in [0, 0.1) is 17.0 Å². The van der Waals surface area contributed by atoms with E-state index in [1.165, 1.54) is 12.3 Å². The molecule has 2 N–H and O–H groups in total. The molecule has 2 rings (SSSR count). The second-order valence-electron chi connectivity index (χ2n) is 5.07. The van der Waals surface area contributed by atoms with Gasteiger partial charge in [-0.1, -0.05) is 19.3 Å². The third-order valence-corrected chi connectivity index (χ3v) is 3.58. The molecule has 104 valence electrons. The average Bonchev–Trinajstić information content (AvgIpc) is 2.57. The third kappa shape index (κ3) is 3.41. The molecule has 19 heavy (non-hydrogen) atoms. The number of nitrogens with zero attached hydrogens (tertiary/aromatic N) is 2. The van der Waals surface area contributed by atoms with E-state index in [2.05, 4.69) is 10.3 Å². The number of rotatable bonds is 3. The monoisotopic (exact) mass is 265 g/mol. The Bertz CT molecular complexity index is 464. The summed E-state index contributed by atoms with van der Waals surface area (Å²) >= 11 is 0. The second kappa shape index (κ2) is 5.97. The minimum absolute atomic E-state index is 0.00975. The van der Waals surface area contributed by atoms with Gasteiger partial charge in [-0.05, 0) is 25.3 Å². The first-order valence-electron chi connectivity index (χ1n) is 6.63. The van der Waals surface area contributed by atoms with Crippen LogP contribution in [0.4, 0.5) is 11.5 Å². The summed E-state index contributed by atoms with van der Waals surface area (Å²) in [6.07, 6.45) is 5.84. The summed E-state index contributed by atoms with van der Waals surface area (Å²) in [6, 6.07) is 1.48. The summed E-state index contributed by atoms with van der Waals surface area (Å²) in [7, 11) is 0. The molecule has 2 unspecified atom stereocenters. The molecule has 0 spiro atoms. The van der Waals surface area contributed by atoms with Gasteiger partial charge in [0.05, 0.1) is 17.1 Å². The zero-order valence-electron chi connectivity index (χ0n) is 11.0. The van der Waals surface area contributed by atoms with Crippen LogP contribution in [0.25, 0.3) is 0 Å². The van der Waals surface area contributed by atoms with Crippen molar-refractivity contribution in [1.29, 1.82) is 0 Å². The highest BCUT2D eigenvalue weighted by atomic mass is 16.6. The van der Waals surface area contributed by atoms with Crippen LogP contribution in [0.5, 0.6) is 0 Å². The van der Waals surface area contributed by atoms with E-state index in [1.807, 2.05) is 0 Å². The highest BCUT2D eigenvalue weighted by Gasteiger charge is 2.22. The Labute approximate surface area is 112 Å². The molecular weight excluding hydrogens is 246 g/mol. The maximum absolute atomic E-state index is 10.7. The van der Waals surface area contributed by atoms with Gasteiger partial charge in [-0.15, -0.1) is 0 Å². The highest BCUT2D eigenvalue weighted by Crippen LogP contribution is 2.24. The Morgan fingerprint density at radius 3 is 2.84 bits per heavy atom. The van der Waals surface area contributed by atoms with E-state index < -0.39 is 4.92 Å². The fourth-order valence-electron chi connectivity index (χ4n) is 2.44. The van der Waals surface area contributed by atoms with E-state index in [-0.39, 0.29) is 17.8 Å². The van der Waals surface area contributed by atoms with E-state index in [9.17, 15) is 15.2 Å². The molecule has 1 fully saturated rings. The lowest BCUT2D eigenvalue weighted by molar-refractivity contribution is -0.385. The van der Waals surface area contributed by atoms with Crippen molar-refractivity contribution >= 4 is 11.5 Å². The molecule has 0 aliphatic heterocycles. The Balaban J connectivity index is 2.11. The molecule has 0 aromatic carbocycles. The molecule has 1 aliphatic carbocycles. The van der Waals surface area contributed by atoms with Gasteiger partial charge in [-0.2, -0.15) is 0 Å². The van der Waals surface area contributed by atoms with Crippen LogP contribution in [-0.2, 0) is 0 Å². The number of aliphatic hydroxyl groups excluding tert-OH is 1. The Hall–Kier alpha value is -1.69. The van der Waals surface area contributed by atoms with Gasteiger partial charge < -0.3 is 10.4 Å². The number of anilines is 1. The molecule has 1 aromatic rings. The molecule has 0 radical (unpaired) electrons. The quantitative estimate of drug-likeness (QED) is 0.497. The number of hydrogen-bond acceptors (Lipinski definition) is 5. The predicted octanol–water partition coefficient (Wildman–Crippen LogP) is 2.40. The molecule has 0 amide bonds. The molecule has 2 atom stereocenters. The SMILES string of the molecule is Cc1cc([N+](=O)[O-])cnc1NC1CCCCCC1O. The third-order valence-electron chi connectivity index (χ3n) is 3.58. The van der Waals surface area contributed by atoms with Crippen LogP contribution in [0.15, 0.2) is 12.3 Å². The lowest BCUT2D eigenvalue weighted by Crippen LogP contribution is -2.33. The smallest absolute Gasteiger partial charge is 0.287 e. The number of aromatic nitrogens is 1. The minimum atomic E-state index is -0.454. The predicted molar refractivity (Wildman–Crippen MR) is 72.1 cm³/mol. The normalized spacial score (nSPS) is 23.7. The number of pyridine rings is 1. The van der Waals surface area contributed by atoms with E-state index in [1.54, 1.807) is 6.92 Å². The van der Waals surface area contributed by atoms with E-state index >= 15 is 0 Å². The fraction of sp³-hybridized carbons (Fsp3) is 0.615. The van der Waals surface area contributed by atoms with E-state index in [0.717, 1.165) is 37.7 Å². The average molecular weight is 265 g/mol. The van der Waals surface area contributed by atoms with Crippen LogP contribution < -0.4 is 5.32 Å². The Morgan fingerprint density at radius 2 is 2.16 bits per heavy atom. The van der Waals surface area contributed by atoms with Gasteiger partial charge in [0.25, 0.3) is 5.69 Å². The van der Waals surface area contributed by atoms with Gasteiger partial charge in [0.2, 0.25) is 0 Å². The minimum Gasteiger partial charge on any atom is -0.391 e. The van der Waals surface area contributed by atoms with Gasteiger partial charge in [-0.3, -0.25) is 10.1 Å². The van der Waals surface area contributed by atoms with Gasteiger partial charge in [0, 0.05) is 6.07 Å². The van der Waals surface area contributed by atoms with Gasteiger partial charge in [0.1, 0.15) is 12.0 Å². The van der Waals surface area contributed by atoms with Crippen molar-refractivity contribution in [3.8, 4) is 0 Å². The van der Waals surface area contributed by atoms with Crippen molar-refractivity contribution in [2.24, 2.45) is 0 Å². The molecule has 6 nitrogen and oxygen atoms in total. The first kappa shape index (κ1) is 13.7. The first-order chi connectivity index (χ1) is 9.08. The van der Waals surface area contributed by atoms with Crippen molar-refractivity contribution in [3.05, 3.63) is 27.9 Å². The number of hydrogen-bond donors (Lipinski definition) is 2. The first-order valence-corrected chi connectivity index (χ1v) is 6.63. The molecule has 6 heteroatoms. The highest BCUT2D eigenvalue weighted by molar-refractivity contribution is 5.49. The molecule has 0 bridgehead atoms. The zero-order chi connectivity index (χ0) is 13.8. The number of aryl methyl sites for hydroxylation is 1. The van der Waals surface area contributed by atoms with E-state index in [4.69, 9.17) is 0 Å². The second-order valence-corrected chi connectivity index (χ2v) is 5.07. The van der Waals surface area contributed by atoms with Gasteiger partial charge >= 0.3 is 0 Å². The molecule has 1 aliphatic rings. The molecule has 0 saturated heterocycles. The standard InChI is InChI=1S/C13H19N3O3/c1-9-7-10(16(18)19)8-14-13(9)15-11-5-3-2-4-6-12(11)17/h7-8,11-12,17H,2-6H2,1H3,(H,14,15). The topological polar surface area (TPSA) is 88.3 Å². The zero-order valence-corrected chi connectivity index (χ0v) is 11.0. The number of nitrogens with one attached hydrogen (secondary N) is 1. The van der Waals surface area contributed by atoms with Gasteiger partial charge in [0.15, 0.2) is 0 Å². The van der Waals surface area contributed by atoms with Crippen LogP contribution >= 0.6 is 0 Å². The van der Waals surface area contributed by atoms with Crippen LogP contribution in [0.1, 0.15) is 37.7 Å². The molecular formula is C13H19N3O3. The van der Waals surface area contributed by atoms with Crippen molar-refractivity contribution in [1.82, 2.24) is 4.98 Å². The molecule has 1 heterocycles. The summed E-state index contributed by atoms with van der Waals surface area (Å²) < 4.78 is 0. The summed E-state index contributed by atoms with van der Waals surface area (Å²) in [5.74, 6) is 0.622. The molecule has 1 saturated carbocycles.